The Balaban J connectivity index is 1.63. The van der Waals surface area contributed by atoms with Gasteiger partial charge in [0.25, 0.3) is 0 Å². The summed E-state index contributed by atoms with van der Waals surface area (Å²) < 4.78 is 0. The Bertz CT molecular complexity index is 423. The third kappa shape index (κ3) is 1.27. The van der Waals surface area contributed by atoms with Crippen molar-refractivity contribution in [3.63, 3.8) is 0 Å². The van der Waals surface area contributed by atoms with E-state index in [0.717, 1.165) is 23.7 Å². The molecular weight excluding hydrogens is 194 g/mol. The van der Waals surface area contributed by atoms with Crippen molar-refractivity contribution < 1.29 is 0 Å². The molecule has 1 heteroatoms. The number of piperidine rings is 1. The lowest BCUT2D eigenvalue weighted by molar-refractivity contribution is 0.682. The Morgan fingerprint density at radius 2 is 1.88 bits per heavy atom. The zero-order valence-electron chi connectivity index (χ0n) is 9.87. The molecule has 1 N–H and O–H groups in total. The zero-order chi connectivity index (χ0) is 10.7. The van der Waals surface area contributed by atoms with Crippen LogP contribution in [0.5, 0.6) is 0 Å². The molecule has 1 unspecified atom stereocenters. The van der Waals surface area contributed by atoms with E-state index in [1.165, 1.54) is 25.9 Å². The summed E-state index contributed by atoms with van der Waals surface area (Å²) in [6.45, 7) is 4.81. The molecule has 1 aliphatic heterocycles. The summed E-state index contributed by atoms with van der Waals surface area (Å²) in [5, 5.41) is 3.48. The van der Waals surface area contributed by atoms with Crippen molar-refractivity contribution in [2.24, 2.45) is 11.8 Å². The van der Waals surface area contributed by atoms with Gasteiger partial charge in [-0.1, -0.05) is 18.2 Å². The Labute approximate surface area is 97.2 Å². The van der Waals surface area contributed by atoms with Crippen molar-refractivity contribution in [2.75, 3.05) is 13.1 Å². The second-order valence-electron chi connectivity index (χ2n) is 5.90. The van der Waals surface area contributed by atoms with Crippen LogP contribution in [0.15, 0.2) is 18.2 Å². The van der Waals surface area contributed by atoms with Crippen LogP contribution < -0.4 is 5.32 Å². The first-order chi connectivity index (χ1) is 7.84. The first kappa shape index (κ1) is 9.23. The van der Waals surface area contributed by atoms with Crippen molar-refractivity contribution in [2.45, 2.75) is 31.6 Å². The van der Waals surface area contributed by atoms with Crippen molar-refractivity contribution >= 4 is 0 Å². The fraction of sp³-hybridized carbons (Fsp3) is 0.600. The van der Waals surface area contributed by atoms with E-state index in [2.05, 4.69) is 30.4 Å². The van der Waals surface area contributed by atoms with Gasteiger partial charge in [0, 0.05) is 0 Å². The maximum atomic E-state index is 3.48. The minimum absolute atomic E-state index is 0.884. The Morgan fingerprint density at radius 1 is 1.12 bits per heavy atom. The molecule has 0 bridgehead atoms. The van der Waals surface area contributed by atoms with Gasteiger partial charge in [-0.3, -0.25) is 0 Å². The van der Waals surface area contributed by atoms with Gasteiger partial charge in [-0.05, 0) is 73.2 Å². The number of nitrogens with one attached hydrogen (secondary N) is 1. The number of fused-ring (bicyclic) bond motifs is 1. The van der Waals surface area contributed by atoms with Crippen LogP contribution in [0, 0.1) is 18.8 Å². The Hall–Kier alpha value is -0.820. The monoisotopic (exact) mass is 213 g/mol. The highest BCUT2D eigenvalue weighted by Gasteiger charge is 2.53. The maximum absolute atomic E-state index is 3.48. The molecule has 3 atom stereocenters. The topological polar surface area (TPSA) is 12.0 Å². The van der Waals surface area contributed by atoms with Crippen molar-refractivity contribution in [3.8, 4) is 0 Å². The lowest BCUT2D eigenvalue weighted by Crippen LogP contribution is -2.14. The summed E-state index contributed by atoms with van der Waals surface area (Å²) in [5.74, 6) is 3.68. The molecule has 2 saturated carbocycles. The van der Waals surface area contributed by atoms with E-state index in [1.807, 2.05) is 0 Å². The number of benzene rings is 1. The molecule has 0 aromatic heterocycles. The van der Waals surface area contributed by atoms with Gasteiger partial charge in [0.1, 0.15) is 0 Å². The normalized spacial score (nSPS) is 36.2. The summed E-state index contributed by atoms with van der Waals surface area (Å²) in [5.41, 5.74) is 4.77. The zero-order valence-corrected chi connectivity index (χ0v) is 9.87. The molecule has 0 spiro atoms. The number of hydrogen-bond donors (Lipinski definition) is 1. The standard InChI is InChI=1S/C15H19N/c1-9-6-11(10-2-3-10)4-5-12(9)15-13-7-16-8-14(13)15/h4-6,10,13-16H,2-3,7-8H2,1H3/t13-,14+,15?. The molecule has 16 heavy (non-hydrogen) atoms. The van der Waals surface area contributed by atoms with E-state index >= 15 is 0 Å². The van der Waals surface area contributed by atoms with Crippen LogP contribution in [-0.4, -0.2) is 13.1 Å². The van der Waals surface area contributed by atoms with E-state index in [9.17, 15) is 0 Å². The molecular formula is C15H19N. The molecule has 4 rings (SSSR count). The average molecular weight is 213 g/mol. The molecule has 1 aromatic carbocycles. The molecule has 1 heterocycles. The summed E-state index contributed by atoms with van der Waals surface area (Å²) in [4.78, 5) is 0. The average Bonchev–Trinajstić information content (AvgIpc) is 3.18. The van der Waals surface area contributed by atoms with Gasteiger partial charge in [-0.2, -0.15) is 0 Å². The van der Waals surface area contributed by atoms with Crippen LogP contribution in [0.4, 0.5) is 0 Å². The van der Waals surface area contributed by atoms with Crippen LogP contribution in [-0.2, 0) is 0 Å². The Morgan fingerprint density at radius 3 is 2.50 bits per heavy atom. The quantitative estimate of drug-likeness (QED) is 0.796. The van der Waals surface area contributed by atoms with Crippen LogP contribution in [0.3, 0.4) is 0 Å². The first-order valence-electron chi connectivity index (χ1n) is 6.66. The van der Waals surface area contributed by atoms with Gasteiger partial charge in [0.05, 0.1) is 0 Å². The minimum atomic E-state index is 0.884. The van der Waals surface area contributed by atoms with Crippen molar-refractivity contribution in [3.05, 3.63) is 34.9 Å². The molecule has 1 saturated heterocycles. The fourth-order valence-corrected chi connectivity index (χ4v) is 3.62. The van der Waals surface area contributed by atoms with Gasteiger partial charge >= 0.3 is 0 Å². The van der Waals surface area contributed by atoms with Crippen LogP contribution >= 0.6 is 0 Å². The highest BCUT2D eigenvalue weighted by atomic mass is 15.0. The molecule has 2 aliphatic carbocycles. The second kappa shape index (κ2) is 3.10. The van der Waals surface area contributed by atoms with E-state index in [1.54, 1.807) is 16.7 Å². The van der Waals surface area contributed by atoms with Gasteiger partial charge < -0.3 is 5.32 Å². The van der Waals surface area contributed by atoms with Crippen molar-refractivity contribution in [1.29, 1.82) is 0 Å². The second-order valence-corrected chi connectivity index (χ2v) is 5.90. The Kier molecular flexibility index (Phi) is 1.79. The van der Waals surface area contributed by atoms with Crippen molar-refractivity contribution in [1.82, 2.24) is 5.32 Å². The van der Waals surface area contributed by atoms with Crippen LogP contribution in [0.1, 0.15) is 41.4 Å². The number of rotatable bonds is 2. The largest absolute Gasteiger partial charge is 0.316 e. The molecule has 0 radical (unpaired) electrons. The predicted molar refractivity (Wildman–Crippen MR) is 65.7 cm³/mol. The lowest BCUT2D eigenvalue weighted by Gasteiger charge is -2.10. The number of aryl methyl sites for hydroxylation is 1. The summed E-state index contributed by atoms with van der Waals surface area (Å²) >= 11 is 0. The van der Waals surface area contributed by atoms with Gasteiger partial charge in [-0.25, -0.2) is 0 Å². The molecule has 1 nitrogen and oxygen atoms in total. The third-order valence-electron chi connectivity index (χ3n) is 4.79. The van der Waals surface area contributed by atoms with Gasteiger partial charge in [0.2, 0.25) is 0 Å². The molecule has 84 valence electrons. The minimum Gasteiger partial charge on any atom is -0.316 e. The SMILES string of the molecule is Cc1cc(C2CC2)ccc1C1[C@H]2CNC[C@@H]12. The maximum Gasteiger partial charge on any atom is -0.00111 e. The van der Waals surface area contributed by atoms with E-state index in [0.29, 0.717) is 0 Å². The highest BCUT2D eigenvalue weighted by Crippen LogP contribution is 2.56. The molecule has 3 aliphatic rings. The van der Waals surface area contributed by atoms with Crippen LogP contribution in [0.25, 0.3) is 0 Å². The smallest absolute Gasteiger partial charge is 0.00111 e. The third-order valence-corrected chi connectivity index (χ3v) is 4.79. The van der Waals surface area contributed by atoms with E-state index < -0.39 is 0 Å². The summed E-state index contributed by atoms with van der Waals surface area (Å²) in [6, 6.07) is 7.27. The van der Waals surface area contributed by atoms with E-state index in [4.69, 9.17) is 0 Å². The molecule has 3 fully saturated rings. The summed E-state index contributed by atoms with van der Waals surface area (Å²) in [7, 11) is 0. The lowest BCUT2D eigenvalue weighted by atomic mass is 9.97. The van der Waals surface area contributed by atoms with Gasteiger partial charge in [-0.15, -0.1) is 0 Å². The highest BCUT2D eigenvalue weighted by molar-refractivity contribution is 5.41. The molecule has 0 amide bonds. The first-order valence-corrected chi connectivity index (χ1v) is 6.66. The van der Waals surface area contributed by atoms with E-state index in [-0.39, 0.29) is 0 Å². The predicted octanol–water partition coefficient (Wildman–Crippen LogP) is 2.81. The fourth-order valence-electron chi connectivity index (χ4n) is 3.62. The number of hydrogen-bond acceptors (Lipinski definition) is 1. The summed E-state index contributed by atoms with van der Waals surface area (Å²) in [6.07, 6.45) is 2.83. The van der Waals surface area contributed by atoms with Crippen LogP contribution in [0.2, 0.25) is 0 Å². The molecule has 1 aromatic rings. The van der Waals surface area contributed by atoms with Gasteiger partial charge in [0.15, 0.2) is 0 Å².